The van der Waals surface area contributed by atoms with Crippen molar-refractivity contribution in [2.45, 2.75) is 6.54 Å². The van der Waals surface area contributed by atoms with Crippen LogP contribution in [0.3, 0.4) is 0 Å². The van der Waals surface area contributed by atoms with Gasteiger partial charge < -0.3 is 14.8 Å². The summed E-state index contributed by atoms with van der Waals surface area (Å²) >= 11 is 3.31. The molecule has 1 aromatic carbocycles. The standard InChI is InChI=1S/C14H14BrFN2O2/c1-19-13-5-6-17-12(14(13)20-2)8-18-11-4-3-9(16)7-10(11)15/h3-7,18H,8H2,1-2H3. The number of rotatable bonds is 5. The average molecular weight is 341 g/mol. The summed E-state index contributed by atoms with van der Waals surface area (Å²) in [7, 11) is 3.14. The van der Waals surface area contributed by atoms with E-state index in [0.29, 0.717) is 28.2 Å². The molecule has 0 atom stereocenters. The minimum Gasteiger partial charge on any atom is -0.493 e. The van der Waals surface area contributed by atoms with Crippen molar-refractivity contribution < 1.29 is 13.9 Å². The van der Waals surface area contributed by atoms with Crippen LogP contribution in [0.5, 0.6) is 11.5 Å². The Morgan fingerprint density at radius 3 is 2.70 bits per heavy atom. The van der Waals surface area contributed by atoms with Crippen LogP contribution in [-0.2, 0) is 6.54 Å². The highest BCUT2D eigenvalue weighted by atomic mass is 79.9. The van der Waals surface area contributed by atoms with Gasteiger partial charge in [-0.2, -0.15) is 0 Å². The Balaban J connectivity index is 2.18. The molecule has 0 saturated heterocycles. The van der Waals surface area contributed by atoms with Gasteiger partial charge in [-0.15, -0.1) is 0 Å². The van der Waals surface area contributed by atoms with Gasteiger partial charge in [-0.3, -0.25) is 4.98 Å². The monoisotopic (exact) mass is 340 g/mol. The molecule has 0 aliphatic rings. The van der Waals surface area contributed by atoms with Gasteiger partial charge in [0.2, 0.25) is 0 Å². The second-order valence-electron chi connectivity index (χ2n) is 3.97. The molecule has 0 radical (unpaired) electrons. The van der Waals surface area contributed by atoms with E-state index in [1.54, 1.807) is 32.5 Å². The van der Waals surface area contributed by atoms with Crippen molar-refractivity contribution in [2.24, 2.45) is 0 Å². The summed E-state index contributed by atoms with van der Waals surface area (Å²) in [6, 6.07) is 6.18. The zero-order valence-corrected chi connectivity index (χ0v) is 12.7. The fourth-order valence-corrected chi connectivity index (χ4v) is 2.28. The quantitative estimate of drug-likeness (QED) is 0.902. The maximum atomic E-state index is 13.0. The number of nitrogens with one attached hydrogen (secondary N) is 1. The van der Waals surface area contributed by atoms with Crippen LogP contribution in [0.25, 0.3) is 0 Å². The highest BCUT2D eigenvalue weighted by molar-refractivity contribution is 9.10. The molecule has 20 heavy (non-hydrogen) atoms. The van der Waals surface area contributed by atoms with E-state index in [1.165, 1.54) is 12.1 Å². The molecule has 6 heteroatoms. The van der Waals surface area contributed by atoms with Crippen molar-refractivity contribution >= 4 is 21.6 Å². The first-order chi connectivity index (χ1) is 9.65. The zero-order valence-electron chi connectivity index (χ0n) is 11.1. The minimum absolute atomic E-state index is 0.292. The summed E-state index contributed by atoms with van der Waals surface area (Å²) in [5.74, 6) is 0.915. The molecule has 0 amide bonds. The van der Waals surface area contributed by atoms with Gasteiger partial charge in [0.1, 0.15) is 11.5 Å². The van der Waals surface area contributed by atoms with Gasteiger partial charge in [-0.05, 0) is 34.1 Å². The lowest BCUT2D eigenvalue weighted by molar-refractivity contribution is 0.350. The molecule has 1 heterocycles. The van der Waals surface area contributed by atoms with Crippen molar-refractivity contribution in [3.05, 3.63) is 46.4 Å². The van der Waals surface area contributed by atoms with Gasteiger partial charge in [-0.1, -0.05) is 0 Å². The predicted molar refractivity (Wildman–Crippen MR) is 78.8 cm³/mol. The molecule has 4 nitrogen and oxygen atoms in total. The molecule has 0 aliphatic heterocycles. The number of ether oxygens (including phenoxy) is 2. The number of hydrogen-bond acceptors (Lipinski definition) is 4. The van der Waals surface area contributed by atoms with Crippen LogP contribution >= 0.6 is 15.9 Å². The molecule has 1 N–H and O–H groups in total. The molecule has 2 rings (SSSR count). The molecule has 2 aromatic rings. The van der Waals surface area contributed by atoms with Crippen LogP contribution in [0.15, 0.2) is 34.9 Å². The van der Waals surface area contributed by atoms with Crippen LogP contribution in [-0.4, -0.2) is 19.2 Å². The van der Waals surface area contributed by atoms with Crippen LogP contribution in [0.4, 0.5) is 10.1 Å². The number of methoxy groups -OCH3 is 2. The molecule has 0 fully saturated rings. The van der Waals surface area contributed by atoms with Crippen molar-refractivity contribution in [1.29, 1.82) is 0 Å². The number of benzene rings is 1. The van der Waals surface area contributed by atoms with Crippen molar-refractivity contribution in [3.8, 4) is 11.5 Å². The Hall–Kier alpha value is -1.82. The summed E-state index contributed by atoms with van der Waals surface area (Å²) in [6.07, 6.45) is 1.65. The Labute approximate surface area is 125 Å². The van der Waals surface area contributed by atoms with Crippen LogP contribution in [0, 0.1) is 5.82 Å². The molecule has 0 saturated carbocycles. The van der Waals surface area contributed by atoms with E-state index < -0.39 is 0 Å². The lowest BCUT2D eigenvalue weighted by Crippen LogP contribution is -2.05. The summed E-state index contributed by atoms with van der Waals surface area (Å²) in [6.45, 7) is 0.435. The number of halogens is 2. The molecule has 0 bridgehead atoms. The summed E-state index contributed by atoms with van der Waals surface area (Å²) in [5, 5.41) is 3.17. The van der Waals surface area contributed by atoms with Gasteiger partial charge in [0.25, 0.3) is 0 Å². The first kappa shape index (κ1) is 14.6. The fourth-order valence-electron chi connectivity index (χ4n) is 1.79. The SMILES string of the molecule is COc1ccnc(CNc2ccc(F)cc2Br)c1OC. The number of pyridine rings is 1. The van der Waals surface area contributed by atoms with E-state index in [-0.39, 0.29) is 5.82 Å². The van der Waals surface area contributed by atoms with Crippen LogP contribution < -0.4 is 14.8 Å². The Bertz CT molecular complexity index is 608. The number of hydrogen-bond donors (Lipinski definition) is 1. The zero-order chi connectivity index (χ0) is 14.5. The summed E-state index contributed by atoms with van der Waals surface area (Å²) in [5.41, 5.74) is 1.49. The first-order valence-corrected chi connectivity index (χ1v) is 6.69. The average Bonchev–Trinajstić information content (AvgIpc) is 2.45. The smallest absolute Gasteiger partial charge is 0.184 e. The second-order valence-corrected chi connectivity index (χ2v) is 4.83. The molecule has 106 valence electrons. The highest BCUT2D eigenvalue weighted by Gasteiger charge is 2.11. The van der Waals surface area contributed by atoms with E-state index in [9.17, 15) is 4.39 Å². The molecule has 1 aromatic heterocycles. The number of nitrogens with zero attached hydrogens (tertiary/aromatic N) is 1. The summed E-state index contributed by atoms with van der Waals surface area (Å²) < 4.78 is 24.2. The van der Waals surface area contributed by atoms with Gasteiger partial charge >= 0.3 is 0 Å². The van der Waals surface area contributed by atoms with Gasteiger partial charge in [0.15, 0.2) is 11.5 Å². The Kier molecular flexibility index (Phi) is 4.79. The fraction of sp³-hybridized carbons (Fsp3) is 0.214. The van der Waals surface area contributed by atoms with Gasteiger partial charge in [0, 0.05) is 22.4 Å². The first-order valence-electron chi connectivity index (χ1n) is 5.90. The van der Waals surface area contributed by atoms with Crippen molar-refractivity contribution in [2.75, 3.05) is 19.5 Å². The molecule has 0 unspecified atom stereocenters. The topological polar surface area (TPSA) is 43.4 Å². The number of anilines is 1. The van der Waals surface area contributed by atoms with Crippen molar-refractivity contribution in [1.82, 2.24) is 4.98 Å². The Morgan fingerprint density at radius 2 is 2.05 bits per heavy atom. The normalized spacial score (nSPS) is 10.2. The van der Waals surface area contributed by atoms with Crippen LogP contribution in [0.2, 0.25) is 0 Å². The van der Waals surface area contributed by atoms with Crippen molar-refractivity contribution in [3.63, 3.8) is 0 Å². The molecular formula is C14H14BrFN2O2. The third-order valence-corrected chi connectivity index (χ3v) is 3.40. The van der Waals surface area contributed by atoms with Crippen LogP contribution in [0.1, 0.15) is 5.69 Å². The van der Waals surface area contributed by atoms with E-state index in [4.69, 9.17) is 9.47 Å². The molecular weight excluding hydrogens is 327 g/mol. The van der Waals surface area contributed by atoms with Gasteiger partial charge in [0.05, 0.1) is 20.8 Å². The minimum atomic E-state index is -0.292. The van der Waals surface area contributed by atoms with E-state index in [2.05, 4.69) is 26.2 Å². The second kappa shape index (κ2) is 6.56. The largest absolute Gasteiger partial charge is 0.493 e. The molecule has 0 spiro atoms. The summed E-state index contributed by atoms with van der Waals surface area (Å²) in [4.78, 5) is 4.26. The van der Waals surface area contributed by atoms with E-state index in [0.717, 1.165) is 5.69 Å². The predicted octanol–water partition coefficient (Wildman–Crippen LogP) is 3.61. The van der Waals surface area contributed by atoms with E-state index in [1.807, 2.05) is 0 Å². The van der Waals surface area contributed by atoms with E-state index >= 15 is 0 Å². The lowest BCUT2D eigenvalue weighted by Gasteiger charge is -2.13. The molecule has 0 aliphatic carbocycles. The number of aromatic nitrogens is 1. The third-order valence-electron chi connectivity index (χ3n) is 2.74. The third kappa shape index (κ3) is 3.19. The maximum Gasteiger partial charge on any atom is 0.184 e. The van der Waals surface area contributed by atoms with Gasteiger partial charge in [-0.25, -0.2) is 4.39 Å². The lowest BCUT2D eigenvalue weighted by atomic mass is 10.2. The maximum absolute atomic E-state index is 13.0. The Morgan fingerprint density at radius 1 is 1.25 bits per heavy atom. The highest BCUT2D eigenvalue weighted by Crippen LogP contribution is 2.30.